The van der Waals surface area contributed by atoms with E-state index in [1.54, 1.807) is 0 Å². The Kier molecular flexibility index (Phi) is 52.5. The summed E-state index contributed by atoms with van der Waals surface area (Å²) in [5.41, 5.74) is 0. The number of aliphatic hydroxyl groups excluding tert-OH is 2. The van der Waals surface area contributed by atoms with Crippen LogP contribution >= 0.6 is 0 Å². The molecule has 0 aliphatic rings. The van der Waals surface area contributed by atoms with Gasteiger partial charge in [0.2, 0.25) is 5.91 Å². The average Bonchev–Trinajstić information content (AvgIpc) is 3.31. The molecule has 0 bridgehead atoms. The smallest absolute Gasteiger partial charge is 0.306 e. The van der Waals surface area contributed by atoms with Gasteiger partial charge in [0.05, 0.1) is 25.2 Å². The van der Waals surface area contributed by atoms with Crippen molar-refractivity contribution in [3.8, 4) is 0 Å². The molecular weight excluding hydrogens is 815 g/mol. The second-order valence-electron chi connectivity index (χ2n) is 20.0. The summed E-state index contributed by atoms with van der Waals surface area (Å²) in [5.74, 6) is -0.479. The van der Waals surface area contributed by atoms with Crippen LogP contribution in [0.3, 0.4) is 0 Å². The van der Waals surface area contributed by atoms with E-state index >= 15 is 0 Å². The first-order valence-electron chi connectivity index (χ1n) is 29.2. The number of carbonyl (C=O) groups excluding carboxylic acids is 2. The predicted octanol–water partition coefficient (Wildman–Crippen LogP) is 18.0. The van der Waals surface area contributed by atoms with Crippen LogP contribution in [0.4, 0.5) is 0 Å². The molecule has 0 saturated heterocycles. The molecular formula is C60H113NO5. The lowest BCUT2D eigenvalue weighted by atomic mass is 10.0. The van der Waals surface area contributed by atoms with Crippen LogP contribution in [0.25, 0.3) is 0 Å². The van der Waals surface area contributed by atoms with Gasteiger partial charge in [-0.05, 0) is 57.8 Å². The molecule has 0 heterocycles. The standard InChI is InChI=1S/C60H113NO5/c1-4-7-10-13-16-19-22-25-28-29-30-31-32-35-38-41-44-47-50-53-60(65)66-56(51-48-45-42-39-36-33-26-23-20-17-14-11-8-5-2)54-59(64)61-57(55-62)58(63)52-49-46-43-40-37-34-27-24-21-18-15-12-9-6-3/h8,11,17,20,26,33,56-58,62-63H,4-7,9-10,12-16,18-19,21-25,27-32,34-55H2,1-3H3,(H,61,64)/b11-8+,20-17+,33-26+. The second kappa shape index (κ2) is 54.0. The fourth-order valence-electron chi connectivity index (χ4n) is 9.09. The molecule has 0 radical (unpaired) electrons. The molecule has 0 rings (SSSR count). The zero-order valence-electron chi connectivity index (χ0n) is 44.3. The molecule has 3 N–H and O–H groups in total. The van der Waals surface area contributed by atoms with E-state index in [9.17, 15) is 19.8 Å². The van der Waals surface area contributed by atoms with E-state index < -0.39 is 18.2 Å². The third-order valence-electron chi connectivity index (χ3n) is 13.5. The number of hydrogen-bond acceptors (Lipinski definition) is 5. The van der Waals surface area contributed by atoms with E-state index in [1.165, 1.54) is 173 Å². The normalized spacial score (nSPS) is 13.3. The summed E-state index contributed by atoms with van der Waals surface area (Å²) in [5, 5.41) is 23.9. The highest BCUT2D eigenvalue weighted by atomic mass is 16.5. The maximum atomic E-state index is 13.3. The minimum atomic E-state index is -0.792. The predicted molar refractivity (Wildman–Crippen MR) is 287 cm³/mol. The first-order valence-corrected chi connectivity index (χ1v) is 29.2. The highest BCUT2D eigenvalue weighted by Gasteiger charge is 2.24. The van der Waals surface area contributed by atoms with E-state index in [1.807, 2.05) is 0 Å². The van der Waals surface area contributed by atoms with Crippen molar-refractivity contribution in [1.29, 1.82) is 0 Å². The average molecular weight is 929 g/mol. The number of aliphatic hydroxyl groups is 2. The number of allylic oxidation sites excluding steroid dienone is 6. The first kappa shape index (κ1) is 64.1. The summed E-state index contributed by atoms with van der Waals surface area (Å²) in [6.07, 6.45) is 65.0. The molecule has 3 atom stereocenters. The van der Waals surface area contributed by atoms with Gasteiger partial charge >= 0.3 is 5.97 Å². The largest absolute Gasteiger partial charge is 0.462 e. The molecule has 6 heteroatoms. The molecule has 0 fully saturated rings. The van der Waals surface area contributed by atoms with Crippen LogP contribution < -0.4 is 5.32 Å². The van der Waals surface area contributed by atoms with Gasteiger partial charge in [-0.25, -0.2) is 0 Å². The molecule has 66 heavy (non-hydrogen) atoms. The van der Waals surface area contributed by atoms with Crippen molar-refractivity contribution in [2.24, 2.45) is 0 Å². The maximum Gasteiger partial charge on any atom is 0.306 e. The van der Waals surface area contributed by atoms with Crippen LogP contribution in [0.15, 0.2) is 36.5 Å². The van der Waals surface area contributed by atoms with Crippen molar-refractivity contribution in [3.63, 3.8) is 0 Å². The number of hydrogen-bond donors (Lipinski definition) is 3. The third-order valence-corrected chi connectivity index (χ3v) is 13.5. The van der Waals surface area contributed by atoms with Crippen LogP contribution in [0.5, 0.6) is 0 Å². The summed E-state index contributed by atoms with van der Waals surface area (Å²) in [7, 11) is 0. The summed E-state index contributed by atoms with van der Waals surface area (Å²) in [6.45, 7) is 6.40. The van der Waals surface area contributed by atoms with Gasteiger partial charge in [-0.15, -0.1) is 0 Å². The van der Waals surface area contributed by atoms with E-state index in [2.05, 4.69) is 62.5 Å². The second-order valence-corrected chi connectivity index (χ2v) is 20.0. The fraction of sp³-hybridized carbons (Fsp3) is 0.867. The molecule has 0 aliphatic heterocycles. The van der Waals surface area contributed by atoms with Crippen molar-refractivity contribution in [1.82, 2.24) is 5.32 Å². The number of carbonyl (C=O) groups is 2. The molecule has 3 unspecified atom stereocenters. The maximum absolute atomic E-state index is 13.3. The van der Waals surface area contributed by atoms with Gasteiger partial charge in [0.1, 0.15) is 6.10 Å². The van der Waals surface area contributed by atoms with Crippen molar-refractivity contribution >= 4 is 11.9 Å². The van der Waals surface area contributed by atoms with E-state index in [4.69, 9.17) is 4.74 Å². The van der Waals surface area contributed by atoms with Gasteiger partial charge in [0.25, 0.3) is 0 Å². The third kappa shape index (κ3) is 48.5. The Bertz CT molecular complexity index is 1090. The molecule has 6 nitrogen and oxygen atoms in total. The van der Waals surface area contributed by atoms with Crippen LogP contribution in [-0.2, 0) is 14.3 Å². The highest BCUT2D eigenvalue weighted by molar-refractivity contribution is 5.77. The fourth-order valence-corrected chi connectivity index (χ4v) is 9.09. The van der Waals surface area contributed by atoms with E-state index in [-0.39, 0.29) is 24.9 Å². The first-order chi connectivity index (χ1) is 32.5. The topological polar surface area (TPSA) is 95.9 Å². The SMILES string of the molecule is CC/C=C/C/C=C/C/C=C/CCCCCCC(CC(=O)NC(CO)C(O)CCCCCCCCCCCCCCCC)OC(=O)CCCCCCCCCCCCCCCCCCCCC. The monoisotopic (exact) mass is 928 g/mol. The lowest BCUT2D eigenvalue weighted by Gasteiger charge is -2.24. The van der Waals surface area contributed by atoms with E-state index in [0.717, 1.165) is 89.9 Å². The van der Waals surface area contributed by atoms with Gasteiger partial charge < -0.3 is 20.3 Å². The lowest BCUT2D eigenvalue weighted by Crippen LogP contribution is -2.46. The van der Waals surface area contributed by atoms with Gasteiger partial charge in [-0.1, -0.05) is 276 Å². The molecule has 1 amide bonds. The molecule has 388 valence electrons. The zero-order valence-corrected chi connectivity index (χ0v) is 44.3. The number of ether oxygens (including phenoxy) is 1. The number of unbranched alkanes of at least 4 members (excludes halogenated alkanes) is 35. The molecule has 0 aromatic heterocycles. The summed E-state index contributed by atoms with van der Waals surface area (Å²) < 4.78 is 5.96. The summed E-state index contributed by atoms with van der Waals surface area (Å²) in [6, 6.07) is -0.707. The van der Waals surface area contributed by atoms with Gasteiger partial charge in [-0.2, -0.15) is 0 Å². The Morgan fingerprint density at radius 3 is 1.24 bits per heavy atom. The Labute approximate surface area is 411 Å². The van der Waals surface area contributed by atoms with Gasteiger partial charge in [-0.3, -0.25) is 9.59 Å². The van der Waals surface area contributed by atoms with Crippen LogP contribution in [0.1, 0.15) is 310 Å². The number of esters is 1. The Morgan fingerprint density at radius 2 is 0.818 bits per heavy atom. The van der Waals surface area contributed by atoms with Crippen molar-refractivity contribution in [2.45, 2.75) is 328 Å². The molecule has 0 aromatic rings. The Morgan fingerprint density at radius 1 is 0.455 bits per heavy atom. The van der Waals surface area contributed by atoms with Crippen molar-refractivity contribution < 1.29 is 24.5 Å². The summed E-state index contributed by atoms with van der Waals surface area (Å²) >= 11 is 0. The minimum Gasteiger partial charge on any atom is -0.462 e. The van der Waals surface area contributed by atoms with Crippen molar-refractivity contribution in [3.05, 3.63) is 36.5 Å². The minimum absolute atomic E-state index is 0.0670. The zero-order chi connectivity index (χ0) is 48.1. The number of nitrogens with one attached hydrogen (secondary N) is 1. The van der Waals surface area contributed by atoms with E-state index in [0.29, 0.717) is 19.3 Å². The highest BCUT2D eigenvalue weighted by Crippen LogP contribution is 2.19. The van der Waals surface area contributed by atoms with Gasteiger partial charge in [0.15, 0.2) is 0 Å². The van der Waals surface area contributed by atoms with Crippen LogP contribution in [-0.4, -0.2) is 46.9 Å². The molecule has 0 aliphatic carbocycles. The number of rotatable bonds is 53. The lowest BCUT2D eigenvalue weighted by molar-refractivity contribution is -0.151. The van der Waals surface area contributed by atoms with Crippen LogP contribution in [0, 0.1) is 0 Å². The molecule has 0 saturated carbocycles. The Hall–Kier alpha value is -1.92. The quantitative estimate of drug-likeness (QED) is 0.0321. The van der Waals surface area contributed by atoms with Crippen LogP contribution in [0.2, 0.25) is 0 Å². The van der Waals surface area contributed by atoms with Gasteiger partial charge in [0, 0.05) is 6.42 Å². The van der Waals surface area contributed by atoms with Crippen molar-refractivity contribution in [2.75, 3.05) is 6.61 Å². The Balaban J connectivity index is 4.51. The summed E-state index contributed by atoms with van der Waals surface area (Å²) in [4.78, 5) is 26.3. The molecule has 0 aromatic carbocycles. The molecule has 0 spiro atoms. The number of amides is 1.